The first kappa shape index (κ1) is 14.3. The molecule has 0 aliphatic carbocycles. The van der Waals surface area contributed by atoms with Crippen LogP contribution in [0.25, 0.3) is 0 Å². The van der Waals surface area contributed by atoms with Gasteiger partial charge in [0.2, 0.25) is 0 Å². The average Bonchev–Trinajstić information content (AvgIpc) is 2.41. The maximum absolute atomic E-state index is 13.5. The Kier molecular flexibility index (Phi) is 4.23. The molecule has 2 rings (SSSR count). The minimum Gasteiger partial charge on any atom is -0.456 e. The molecule has 0 amide bonds. The number of nitrogens with zero attached hydrogens (tertiary/aromatic N) is 1. The van der Waals surface area contributed by atoms with Crippen LogP contribution in [0.15, 0.2) is 36.4 Å². The first-order valence-corrected chi connectivity index (χ1v) is 6.24. The number of rotatable bonds is 3. The highest BCUT2D eigenvalue weighted by Gasteiger charge is 2.09. The van der Waals surface area contributed by atoms with Crippen LogP contribution in [0.4, 0.5) is 4.39 Å². The van der Waals surface area contributed by atoms with E-state index in [0.29, 0.717) is 16.3 Å². The van der Waals surface area contributed by atoms with Crippen LogP contribution in [0.3, 0.4) is 0 Å². The number of benzene rings is 2. The van der Waals surface area contributed by atoms with E-state index >= 15 is 0 Å². The zero-order valence-corrected chi connectivity index (χ0v) is 11.4. The first-order chi connectivity index (χ1) is 9.51. The molecule has 102 valence electrons. The zero-order chi connectivity index (χ0) is 14.7. The van der Waals surface area contributed by atoms with E-state index in [4.69, 9.17) is 21.6 Å². The first-order valence-electron chi connectivity index (χ1n) is 5.86. The molecule has 0 bridgehead atoms. The molecule has 2 aromatic rings. The fourth-order valence-electron chi connectivity index (χ4n) is 1.64. The van der Waals surface area contributed by atoms with E-state index < -0.39 is 11.9 Å². The predicted molar refractivity (Wildman–Crippen MR) is 73.3 cm³/mol. The maximum Gasteiger partial charge on any atom is 0.146 e. The number of hydrogen-bond acceptors (Lipinski definition) is 3. The summed E-state index contributed by atoms with van der Waals surface area (Å²) in [4.78, 5) is 0. The Bertz CT molecular complexity index is 680. The summed E-state index contributed by atoms with van der Waals surface area (Å²) in [5.74, 6) is -0.0601. The lowest BCUT2D eigenvalue weighted by Gasteiger charge is -2.10. The molecule has 0 saturated carbocycles. The average molecular weight is 292 g/mol. The molecule has 0 heterocycles. The van der Waals surface area contributed by atoms with Crippen molar-refractivity contribution in [1.82, 2.24) is 0 Å². The van der Waals surface area contributed by atoms with E-state index in [-0.39, 0.29) is 11.3 Å². The summed E-state index contributed by atoms with van der Waals surface area (Å²) in [7, 11) is 0. The van der Waals surface area contributed by atoms with E-state index in [1.165, 1.54) is 12.1 Å². The van der Waals surface area contributed by atoms with Gasteiger partial charge in [0, 0.05) is 6.07 Å². The Hall–Kier alpha value is -2.09. The Morgan fingerprint density at radius 1 is 1.30 bits per heavy atom. The third-order valence-electron chi connectivity index (χ3n) is 2.73. The van der Waals surface area contributed by atoms with E-state index in [1.54, 1.807) is 31.2 Å². The van der Waals surface area contributed by atoms with Crippen molar-refractivity contribution < 1.29 is 14.2 Å². The number of aliphatic hydroxyl groups is 1. The highest BCUT2D eigenvalue weighted by atomic mass is 35.5. The molecule has 2 aromatic carbocycles. The highest BCUT2D eigenvalue weighted by Crippen LogP contribution is 2.32. The second kappa shape index (κ2) is 5.91. The van der Waals surface area contributed by atoms with Gasteiger partial charge in [0.25, 0.3) is 0 Å². The maximum atomic E-state index is 13.5. The molecule has 3 nitrogen and oxygen atoms in total. The molecule has 20 heavy (non-hydrogen) atoms. The van der Waals surface area contributed by atoms with Crippen molar-refractivity contribution in [3.8, 4) is 17.6 Å². The summed E-state index contributed by atoms with van der Waals surface area (Å²) >= 11 is 6.04. The number of hydrogen-bond donors (Lipinski definition) is 1. The van der Waals surface area contributed by atoms with Crippen molar-refractivity contribution in [3.05, 3.63) is 58.4 Å². The topological polar surface area (TPSA) is 53.2 Å². The molecule has 0 spiro atoms. The molecule has 5 heteroatoms. The molecular weight excluding hydrogens is 281 g/mol. The van der Waals surface area contributed by atoms with Gasteiger partial charge in [0.1, 0.15) is 23.4 Å². The van der Waals surface area contributed by atoms with Crippen LogP contribution >= 0.6 is 11.6 Å². The van der Waals surface area contributed by atoms with Crippen molar-refractivity contribution >= 4 is 11.6 Å². The van der Waals surface area contributed by atoms with E-state index in [9.17, 15) is 9.50 Å². The molecule has 0 unspecified atom stereocenters. The van der Waals surface area contributed by atoms with Gasteiger partial charge in [-0.05, 0) is 36.8 Å². The minimum absolute atomic E-state index is 0.0482. The molecule has 0 fully saturated rings. The van der Waals surface area contributed by atoms with Gasteiger partial charge in [-0.25, -0.2) is 4.39 Å². The van der Waals surface area contributed by atoms with Gasteiger partial charge >= 0.3 is 0 Å². The van der Waals surface area contributed by atoms with Gasteiger partial charge in [-0.3, -0.25) is 0 Å². The van der Waals surface area contributed by atoms with Crippen molar-refractivity contribution in [2.45, 2.75) is 13.0 Å². The van der Waals surface area contributed by atoms with Gasteiger partial charge in [0.05, 0.1) is 16.7 Å². The van der Waals surface area contributed by atoms with Gasteiger partial charge in [-0.1, -0.05) is 17.7 Å². The summed E-state index contributed by atoms with van der Waals surface area (Å²) in [6.45, 7) is 1.63. The molecular formula is C15H11ClFNO2. The Labute approximate surface area is 120 Å². The van der Waals surface area contributed by atoms with Crippen LogP contribution in [-0.2, 0) is 0 Å². The Balaban J connectivity index is 2.26. The van der Waals surface area contributed by atoms with Crippen molar-refractivity contribution in [2.75, 3.05) is 0 Å². The summed E-state index contributed by atoms with van der Waals surface area (Å²) in [6.07, 6.45) is -0.631. The smallest absolute Gasteiger partial charge is 0.146 e. The van der Waals surface area contributed by atoms with Gasteiger partial charge in [0.15, 0.2) is 0 Å². The fraction of sp³-hybridized carbons (Fsp3) is 0.133. The number of halogens is 2. The van der Waals surface area contributed by atoms with Crippen LogP contribution in [0.5, 0.6) is 11.5 Å². The SMILES string of the molecule is C[C@H](O)c1ccc(Oc2ccc(C#N)c(F)c2)c(Cl)c1. The predicted octanol–water partition coefficient (Wildman–Crippen LogP) is 4.20. The lowest BCUT2D eigenvalue weighted by atomic mass is 10.1. The fourth-order valence-corrected chi connectivity index (χ4v) is 1.86. The van der Waals surface area contributed by atoms with Crippen LogP contribution in [0.2, 0.25) is 5.02 Å². The highest BCUT2D eigenvalue weighted by molar-refractivity contribution is 6.32. The van der Waals surface area contributed by atoms with Crippen LogP contribution < -0.4 is 4.74 Å². The van der Waals surface area contributed by atoms with E-state index in [1.807, 2.05) is 0 Å². The third kappa shape index (κ3) is 3.08. The molecule has 0 radical (unpaired) electrons. The van der Waals surface area contributed by atoms with E-state index in [0.717, 1.165) is 6.07 Å². The van der Waals surface area contributed by atoms with Gasteiger partial charge < -0.3 is 9.84 Å². The molecule has 1 atom stereocenters. The Morgan fingerprint density at radius 3 is 2.60 bits per heavy atom. The number of nitriles is 1. The summed E-state index contributed by atoms with van der Waals surface area (Å²) < 4.78 is 18.9. The van der Waals surface area contributed by atoms with E-state index in [2.05, 4.69) is 0 Å². The number of ether oxygens (including phenoxy) is 1. The largest absolute Gasteiger partial charge is 0.456 e. The normalized spacial score (nSPS) is 11.8. The Morgan fingerprint density at radius 2 is 2.05 bits per heavy atom. The summed E-state index contributed by atoms with van der Waals surface area (Å²) in [5.41, 5.74) is 0.612. The molecule has 0 aromatic heterocycles. The van der Waals surface area contributed by atoms with Crippen molar-refractivity contribution in [1.29, 1.82) is 5.26 Å². The second-order valence-electron chi connectivity index (χ2n) is 4.22. The molecule has 1 N–H and O–H groups in total. The second-order valence-corrected chi connectivity index (χ2v) is 4.63. The van der Waals surface area contributed by atoms with Crippen LogP contribution in [-0.4, -0.2) is 5.11 Å². The molecule has 0 saturated heterocycles. The van der Waals surface area contributed by atoms with Crippen LogP contribution in [0.1, 0.15) is 24.2 Å². The quantitative estimate of drug-likeness (QED) is 0.922. The monoisotopic (exact) mass is 291 g/mol. The lowest BCUT2D eigenvalue weighted by Crippen LogP contribution is -1.93. The lowest BCUT2D eigenvalue weighted by molar-refractivity contribution is 0.199. The summed E-state index contributed by atoms with van der Waals surface area (Å²) in [6, 6.07) is 10.5. The third-order valence-corrected chi connectivity index (χ3v) is 3.02. The van der Waals surface area contributed by atoms with Crippen molar-refractivity contribution in [3.63, 3.8) is 0 Å². The minimum atomic E-state index is -0.651. The van der Waals surface area contributed by atoms with Gasteiger partial charge in [-0.2, -0.15) is 5.26 Å². The standard InChI is InChI=1S/C15H11ClFNO2/c1-9(19)10-3-5-15(13(16)6-10)20-12-4-2-11(8-18)14(17)7-12/h2-7,9,19H,1H3/t9-/m0/s1. The summed E-state index contributed by atoms with van der Waals surface area (Å²) in [5, 5.41) is 18.4. The molecule has 0 aliphatic rings. The zero-order valence-electron chi connectivity index (χ0n) is 10.6. The van der Waals surface area contributed by atoms with Crippen molar-refractivity contribution in [2.24, 2.45) is 0 Å². The van der Waals surface area contributed by atoms with Gasteiger partial charge in [-0.15, -0.1) is 0 Å². The molecule has 0 aliphatic heterocycles. The van der Waals surface area contributed by atoms with Crippen LogP contribution in [0, 0.1) is 17.1 Å². The number of aliphatic hydroxyl groups excluding tert-OH is 1.